The van der Waals surface area contributed by atoms with E-state index in [1.165, 1.54) is 0 Å². The van der Waals surface area contributed by atoms with E-state index in [9.17, 15) is 4.79 Å². The molecule has 14 heavy (non-hydrogen) atoms. The van der Waals surface area contributed by atoms with Crippen molar-refractivity contribution in [1.29, 1.82) is 0 Å². The molecule has 0 aliphatic rings. The molecule has 0 aromatic heterocycles. The molecule has 0 amide bonds. The van der Waals surface area contributed by atoms with Crippen LogP contribution in [-0.2, 0) is 4.79 Å². The number of ether oxygens (including phenoxy) is 1. The minimum atomic E-state index is -0.981. The maximum absolute atomic E-state index is 10.2. The normalized spacial score (nSPS) is 9.50. The third-order valence-electron chi connectivity index (χ3n) is 1.69. The first-order valence-electron chi connectivity index (χ1n) is 4.20. The Morgan fingerprint density at radius 3 is 2.86 bits per heavy atom. The molecular formula is C11H12O3. The topological polar surface area (TPSA) is 46.5 Å². The summed E-state index contributed by atoms with van der Waals surface area (Å²) in [5.74, 6) is -0.432. The Hall–Kier alpha value is -1.77. The van der Waals surface area contributed by atoms with E-state index in [0.717, 1.165) is 11.1 Å². The average molecular weight is 192 g/mol. The summed E-state index contributed by atoms with van der Waals surface area (Å²) in [5.41, 5.74) is 1.87. The number of benzene rings is 1. The van der Waals surface area contributed by atoms with Gasteiger partial charge in [0.15, 0.2) is 6.61 Å². The molecule has 0 aliphatic carbocycles. The van der Waals surface area contributed by atoms with Crippen molar-refractivity contribution in [2.24, 2.45) is 0 Å². The molecule has 0 fully saturated rings. The molecule has 3 nitrogen and oxygen atoms in total. The molecule has 1 aromatic rings. The average Bonchev–Trinajstić information content (AvgIpc) is 2.15. The van der Waals surface area contributed by atoms with Crippen LogP contribution in [0.3, 0.4) is 0 Å². The first-order chi connectivity index (χ1) is 6.59. The van der Waals surface area contributed by atoms with Crippen molar-refractivity contribution >= 4 is 11.5 Å². The monoisotopic (exact) mass is 192 g/mol. The van der Waals surface area contributed by atoms with Gasteiger partial charge >= 0.3 is 5.97 Å². The van der Waals surface area contributed by atoms with E-state index in [1.807, 2.05) is 13.0 Å². The smallest absolute Gasteiger partial charge is 0.341 e. The molecule has 1 N–H and O–H groups in total. The van der Waals surface area contributed by atoms with Gasteiger partial charge in [-0.2, -0.15) is 0 Å². The predicted molar refractivity (Wildman–Crippen MR) is 54.3 cm³/mol. The van der Waals surface area contributed by atoms with E-state index < -0.39 is 5.97 Å². The molecule has 0 saturated heterocycles. The number of rotatable bonds is 4. The first kappa shape index (κ1) is 10.3. The lowest BCUT2D eigenvalue weighted by molar-refractivity contribution is -0.139. The lowest BCUT2D eigenvalue weighted by Crippen LogP contribution is -2.09. The van der Waals surface area contributed by atoms with Crippen LogP contribution >= 0.6 is 0 Å². The number of allylic oxidation sites excluding steroid dienone is 1. The van der Waals surface area contributed by atoms with Crippen LogP contribution in [0.5, 0.6) is 5.75 Å². The second-order valence-electron chi connectivity index (χ2n) is 2.99. The maximum Gasteiger partial charge on any atom is 0.341 e. The number of carboxylic acid groups (broad SMARTS) is 1. The second-order valence-corrected chi connectivity index (χ2v) is 2.99. The zero-order valence-corrected chi connectivity index (χ0v) is 7.99. The molecule has 0 aliphatic heterocycles. The highest BCUT2D eigenvalue weighted by Gasteiger charge is 2.00. The summed E-state index contributed by atoms with van der Waals surface area (Å²) in [7, 11) is 0. The fourth-order valence-corrected chi connectivity index (χ4v) is 0.996. The van der Waals surface area contributed by atoms with E-state index in [2.05, 4.69) is 6.58 Å². The summed E-state index contributed by atoms with van der Waals surface area (Å²) in [6.45, 7) is 5.36. The van der Waals surface area contributed by atoms with Gasteiger partial charge in [-0.3, -0.25) is 0 Å². The number of carbonyl (C=O) groups is 1. The van der Waals surface area contributed by atoms with E-state index in [4.69, 9.17) is 9.84 Å². The molecule has 74 valence electrons. The van der Waals surface area contributed by atoms with Gasteiger partial charge in [0.05, 0.1) is 0 Å². The molecule has 0 saturated carbocycles. The number of aliphatic carboxylic acids is 1. The van der Waals surface area contributed by atoms with Crippen molar-refractivity contribution in [2.45, 2.75) is 6.92 Å². The van der Waals surface area contributed by atoms with Crippen molar-refractivity contribution in [1.82, 2.24) is 0 Å². The van der Waals surface area contributed by atoms with E-state index in [-0.39, 0.29) is 6.61 Å². The Morgan fingerprint density at radius 2 is 2.29 bits per heavy atom. The van der Waals surface area contributed by atoms with E-state index in [0.29, 0.717) is 5.75 Å². The lowest BCUT2D eigenvalue weighted by Gasteiger charge is -2.05. The van der Waals surface area contributed by atoms with E-state index >= 15 is 0 Å². The van der Waals surface area contributed by atoms with Gasteiger partial charge in [0, 0.05) is 0 Å². The standard InChI is InChI=1S/C11H12O3/c1-8(2)9-4-3-5-10(6-9)14-7-11(12)13/h3-6H,1,7H2,2H3,(H,12,13). The number of hydrogen-bond donors (Lipinski definition) is 1. The summed E-state index contributed by atoms with van der Waals surface area (Å²) in [5, 5.41) is 8.41. The molecule has 1 aromatic carbocycles. The highest BCUT2D eigenvalue weighted by atomic mass is 16.5. The molecule has 0 heterocycles. The molecule has 0 atom stereocenters. The molecule has 1 rings (SSSR count). The predicted octanol–water partition coefficient (Wildman–Crippen LogP) is 2.18. The van der Waals surface area contributed by atoms with Crippen molar-refractivity contribution in [2.75, 3.05) is 6.61 Å². The number of carboxylic acids is 1. The number of hydrogen-bond acceptors (Lipinski definition) is 2. The molecule has 0 radical (unpaired) electrons. The van der Waals surface area contributed by atoms with Gasteiger partial charge in [0.25, 0.3) is 0 Å². The zero-order valence-electron chi connectivity index (χ0n) is 7.99. The van der Waals surface area contributed by atoms with Crippen LogP contribution in [0.4, 0.5) is 0 Å². The third-order valence-corrected chi connectivity index (χ3v) is 1.69. The van der Waals surface area contributed by atoms with Gasteiger partial charge in [0.2, 0.25) is 0 Å². The van der Waals surface area contributed by atoms with E-state index in [1.54, 1.807) is 18.2 Å². The minimum Gasteiger partial charge on any atom is -0.482 e. The molecule has 3 heteroatoms. The summed E-state index contributed by atoms with van der Waals surface area (Å²) < 4.78 is 5.02. The van der Waals surface area contributed by atoms with Crippen LogP contribution in [0.2, 0.25) is 0 Å². The lowest BCUT2D eigenvalue weighted by atomic mass is 10.1. The van der Waals surface area contributed by atoms with Crippen LogP contribution in [0.1, 0.15) is 12.5 Å². The van der Waals surface area contributed by atoms with Gasteiger partial charge in [-0.1, -0.05) is 24.3 Å². The summed E-state index contributed by atoms with van der Waals surface area (Å²) in [6, 6.07) is 7.19. The van der Waals surface area contributed by atoms with Crippen LogP contribution in [0, 0.1) is 0 Å². The SMILES string of the molecule is C=C(C)c1cccc(OCC(=O)O)c1. The Kier molecular flexibility index (Phi) is 3.29. The fourth-order valence-electron chi connectivity index (χ4n) is 0.996. The largest absolute Gasteiger partial charge is 0.482 e. The quantitative estimate of drug-likeness (QED) is 0.795. The molecular weight excluding hydrogens is 180 g/mol. The van der Waals surface area contributed by atoms with Crippen LogP contribution in [0.25, 0.3) is 5.57 Å². The summed E-state index contributed by atoms with van der Waals surface area (Å²) in [4.78, 5) is 10.2. The van der Waals surface area contributed by atoms with Gasteiger partial charge in [-0.15, -0.1) is 0 Å². The first-order valence-corrected chi connectivity index (χ1v) is 4.20. The minimum absolute atomic E-state index is 0.320. The molecule has 0 spiro atoms. The molecule has 0 unspecified atom stereocenters. The highest BCUT2D eigenvalue weighted by Crippen LogP contribution is 2.18. The second kappa shape index (κ2) is 4.46. The van der Waals surface area contributed by atoms with Gasteiger partial charge < -0.3 is 9.84 Å². The Balaban J connectivity index is 2.73. The van der Waals surface area contributed by atoms with Gasteiger partial charge in [-0.25, -0.2) is 4.79 Å². The van der Waals surface area contributed by atoms with Gasteiger partial charge in [-0.05, 0) is 24.6 Å². The van der Waals surface area contributed by atoms with Crippen LogP contribution in [-0.4, -0.2) is 17.7 Å². The maximum atomic E-state index is 10.2. The van der Waals surface area contributed by atoms with Crippen LogP contribution in [0.15, 0.2) is 30.8 Å². The van der Waals surface area contributed by atoms with Gasteiger partial charge in [0.1, 0.15) is 5.75 Å². The third kappa shape index (κ3) is 2.94. The Labute approximate surface area is 82.6 Å². The Bertz CT molecular complexity index is 355. The van der Waals surface area contributed by atoms with Crippen molar-refractivity contribution in [3.05, 3.63) is 36.4 Å². The zero-order chi connectivity index (χ0) is 10.6. The summed E-state index contributed by atoms with van der Waals surface area (Å²) >= 11 is 0. The fraction of sp³-hybridized carbons (Fsp3) is 0.182. The van der Waals surface area contributed by atoms with Crippen molar-refractivity contribution in [3.8, 4) is 5.75 Å². The van der Waals surface area contributed by atoms with Crippen molar-refractivity contribution < 1.29 is 14.6 Å². The Morgan fingerprint density at radius 1 is 1.57 bits per heavy atom. The van der Waals surface area contributed by atoms with Crippen molar-refractivity contribution in [3.63, 3.8) is 0 Å². The highest BCUT2D eigenvalue weighted by molar-refractivity contribution is 5.68. The summed E-state index contributed by atoms with van der Waals surface area (Å²) in [6.07, 6.45) is 0. The van der Waals surface area contributed by atoms with Crippen LogP contribution < -0.4 is 4.74 Å². The molecule has 0 bridgehead atoms.